The number of rotatable bonds is 4. The highest BCUT2D eigenvalue weighted by atomic mass is 32.2. The molecule has 0 radical (unpaired) electrons. The Morgan fingerprint density at radius 3 is 1.52 bits per heavy atom. The van der Waals surface area contributed by atoms with Crippen LogP contribution < -0.4 is 0 Å². The Kier molecular flexibility index (Phi) is 5.30. The molecule has 1 aromatic heterocycles. The molecule has 0 unspecified atom stereocenters. The molecule has 0 fully saturated rings. The Morgan fingerprint density at radius 1 is 0.524 bits per heavy atom. The molecule has 5 nitrogen and oxygen atoms in total. The Hall–Kier alpha value is -4.72. The summed E-state index contributed by atoms with van der Waals surface area (Å²) >= 11 is 0. The van der Waals surface area contributed by atoms with E-state index in [1.807, 2.05) is 66.7 Å². The lowest BCUT2D eigenvalue weighted by molar-refractivity contribution is 0.604. The molecule has 0 atom stereocenters. The van der Waals surface area contributed by atoms with E-state index in [1.165, 1.54) is 10.8 Å². The fraction of sp³-hybridized carbons (Fsp3) is 0.0286. The first-order valence-electron chi connectivity index (χ1n) is 13.5. The third-order valence-electron chi connectivity index (χ3n) is 8.18. The molecule has 0 aliphatic carbocycles. The normalized spacial score (nSPS) is 15.8. The number of aromatic nitrogens is 1. The van der Waals surface area contributed by atoms with Crippen molar-refractivity contribution in [2.75, 3.05) is 0 Å². The maximum absolute atomic E-state index is 12.9. The van der Waals surface area contributed by atoms with E-state index in [0.29, 0.717) is 38.6 Å². The van der Waals surface area contributed by atoms with Crippen LogP contribution in [0.2, 0.25) is 0 Å². The Morgan fingerprint density at radius 2 is 1.02 bits per heavy atom. The van der Waals surface area contributed by atoms with Gasteiger partial charge >= 0.3 is 0 Å². The molecule has 3 heterocycles. The van der Waals surface area contributed by atoms with Gasteiger partial charge in [-0.2, -0.15) is 0 Å². The van der Waals surface area contributed by atoms with Gasteiger partial charge < -0.3 is 4.57 Å². The van der Waals surface area contributed by atoms with Crippen molar-refractivity contribution in [3.8, 4) is 22.3 Å². The molecule has 0 saturated carbocycles. The van der Waals surface area contributed by atoms with Crippen molar-refractivity contribution in [1.82, 2.24) is 4.57 Å². The topological polar surface area (TPSA) is 73.2 Å². The van der Waals surface area contributed by atoms with Crippen molar-refractivity contribution in [3.05, 3.63) is 131 Å². The minimum Gasteiger partial charge on any atom is -0.336 e. The van der Waals surface area contributed by atoms with Crippen LogP contribution in [0.1, 0.15) is 16.7 Å². The smallest absolute Gasteiger partial charge is 0.201 e. The van der Waals surface area contributed by atoms with Gasteiger partial charge in [0.2, 0.25) is 19.7 Å². The highest BCUT2D eigenvalue weighted by Gasteiger charge is 2.27. The lowest BCUT2D eigenvalue weighted by Crippen LogP contribution is -2.00. The molecular weight excluding hydrogens is 563 g/mol. The fourth-order valence-corrected chi connectivity index (χ4v) is 9.14. The van der Waals surface area contributed by atoms with E-state index in [0.717, 1.165) is 38.5 Å². The van der Waals surface area contributed by atoms with Crippen LogP contribution in [0.5, 0.6) is 0 Å². The number of nitrogens with zero attached hydrogens (tertiary/aromatic N) is 1. The minimum atomic E-state index is -3.52. The molecule has 8 rings (SSSR count). The van der Waals surface area contributed by atoms with E-state index in [-0.39, 0.29) is 0 Å². The third kappa shape index (κ3) is 3.74. The van der Waals surface area contributed by atoms with E-state index in [4.69, 9.17) is 0 Å². The van der Waals surface area contributed by atoms with Crippen LogP contribution in [0.3, 0.4) is 0 Å². The second-order valence-electron chi connectivity index (χ2n) is 10.7. The molecule has 0 amide bonds. The number of benzene rings is 5. The van der Waals surface area contributed by atoms with Gasteiger partial charge in [0.05, 0.1) is 9.79 Å². The number of hydrogen-bond acceptors (Lipinski definition) is 4. The molecule has 5 aromatic carbocycles. The first-order valence-corrected chi connectivity index (χ1v) is 16.6. The van der Waals surface area contributed by atoms with Gasteiger partial charge in [0.15, 0.2) is 0 Å². The quantitative estimate of drug-likeness (QED) is 0.213. The highest BCUT2D eigenvalue weighted by Crippen LogP contribution is 2.41. The van der Waals surface area contributed by atoms with Crippen LogP contribution in [0.4, 0.5) is 0 Å². The Balaban J connectivity index is 1.39. The van der Waals surface area contributed by atoms with Crippen LogP contribution in [-0.2, 0) is 26.2 Å². The summed E-state index contributed by atoms with van der Waals surface area (Å²) in [5, 5.41) is 4.46. The summed E-state index contributed by atoms with van der Waals surface area (Å²) in [7, 11) is -7.05. The number of fused-ring (bicyclic) bond motifs is 5. The van der Waals surface area contributed by atoms with Gasteiger partial charge in [-0.05, 0) is 64.2 Å². The standard InChI is InChI=1S/C35H23NO4S2/c37-41(38)18-16-24-8-4-10-28(34(24)41)26-12-14-32-30(20-26)31-21-27(29-11-5-9-25-17-19-42(39,40)35(25)29)13-15-33(31)36(32)22-23-6-2-1-3-7-23/h1-21H,22H2. The minimum absolute atomic E-state index is 0.329. The predicted molar refractivity (Wildman–Crippen MR) is 168 cm³/mol. The maximum atomic E-state index is 12.9. The predicted octanol–water partition coefficient (Wildman–Crippen LogP) is 7.69. The van der Waals surface area contributed by atoms with Crippen LogP contribution in [0, 0.1) is 0 Å². The average Bonchev–Trinajstić information content (AvgIpc) is 3.61. The van der Waals surface area contributed by atoms with Crippen molar-refractivity contribution in [3.63, 3.8) is 0 Å². The first-order chi connectivity index (χ1) is 20.3. The zero-order chi connectivity index (χ0) is 28.6. The molecule has 7 heteroatoms. The van der Waals surface area contributed by atoms with E-state index < -0.39 is 19.7 Å². The summed E-state index contributed by atoms with van der Waals surface area (Å²) in [6, 6.07) is 33.5. The molecule has 0 bridgehead atoms. The summed E-state index contributed by atoms with van der Waals surface area (Å²) in [6.45, 7) is 0.650. The van der Waals surface area contributed by atoms with E-state index in [9.17, 15) is 16.8 Å². The van der Waals surface area contributed by atoms with Gasteiger partial charge in [0.1, 0.15) is 0 Å². The van der Waals surface area contributed by atoms with E-state index in [1.54, 1.807) is 12.2 Å². The molecule has 2 aliphatic heterocycles. The largest absolute Gasteiger partial charge is 0.336 e. The van der Waals surface area contributed by atoms with Crippen molar-refractivity contribution in [2.45, 2.75) is 16.3 Å². The molecule has 0 N–H and O–H groups in total. The summed E-state index contributed by atoms with van der Waals surface area (Å²) in [5.74, 6) is 0. The van der Waals surface area contributed by atoms with Crippen molar-refractivity contribution in [2.24, 2.45) is 0 Å². The third-order valence-corrected chi connectivity index (χ3v) is 11.2. The maximum Gasteiger partial charge on any atom is 0.201 e. The van der Waals surface area contributed by atoms with E-state index in [2.05, 4.69) is 41.0 Å². The van der Waals surface area contributed by atoms with Gasteiger partial charge in [-0.15, -0.1) is 0 Å². The Bertz CT molecular complexity index is 2250. The van der Waals surface area contributed by atoms with Crippen LogP contribution in [0.25, 0.3) is 56.2 Å². The summed E-state index contributed by atoms with van der Waals surface area (Å²) in [5.41, 5.74) is 7.50. The lowest BCUT2D eigenvalue weighted by Gasteiger charge is -2.11. The lowest BCUT2D eigenvalue weighted by atomic mass is 9.98. The molecule has 2 aliphatic rings. The van der Waals surface area contributed by atoms with E-state index >= 15 is 0 Å². The fourth-order valence-electron chi connectivity index (χ4n) is 6.30. The van der Waals surface area contributed by atoms with Gasteiger partial charge in [0.25, 0.3) is 0 Å². The summed E-state index contributed by atoms with van der Waals surface area (Å²) < 4.78 is 54.0. The molecular formula is C35H23NO4S2. The van der Waals surface area contributed by atoms with Crippen LogP contribution in [-0.4, -0.2) is 21.4 Å². The molecule has 0 saturated heterocycles. The van der Waals surface area contributed by atoms with Crippen molar-refractivity contribution < 1.29 is 16.8 Å². The van der Waals surface area contributed by atoms with Crippen LogP contribution in [0.15, 0.2) is 124 Å². The monoisotopic (exact) mass is 585 g/mol. The zero-order valence-corrected chi connectivity index (χ0v) is 23.9. The summed E-state index contributed by atoms with van der Waals surface area (Å²) in [4.78, 5) is 0.659. The van der Waals surface area contributed by atoms with Crippen molar-refractivity contribution >= 4 is 53.6 Å². The molecule has 204 valence electrons. The second kappa shape index (κ2) is 8.89. The average molecular weight is 586 g/mol. The molecule has 42 heavy (non-hydrogen) atoms. The zero-order valence-electron chi connectivity index (χ0n) is 22.2. The molecule has 6 aromatic rings. The van der Waals surface area contributed by atoms with Gasteiger partial charge in [-0.3, -0.25) is 0 Å². The number of hydrogen-bond donors (Lipinski definition) is 0. The van der Waals surface area contributed by atoms with Crippen LogP contribution >= 0.6 is 0 Å². The first kappa shape index (κ1) is 25.0. The SMILES string of the molecule is O=S1(=O)C=Cc2cccc(-c3ccc4c(c3)c3cc(-c5cccc6c5S(=O)(=O)C=C6)ccc3n4Cc3ccccc3)c21. The van der Waals surface area contributed by atoms with Gasteiger partial charge in [-0.25, -0.2) is 16.8 Å². The molecule has 0 spiro atoms. The van der Waals surface area contributed by atoms with Crippen molar-refractivity contribution in [1.29, 1.82) is 0 Å². The van der Waals surface area contributed by atoms with Gasteiger partial charge in [-0.1, -0.05) is 78.9 Å². The highest BCUT2D eigenvalue weighted by molar-refractivity contribution is 7.95. The van der Waals surface area contributed by atoms with Gasteiger partial charge in [0, 0.05) is 50.3 Å². The summed E-state index contributed by atoms with van der Waals surface area (Å²) in [6.07, 6.45) is 3.29. The number of sulfone groups is 2. The second-order valence-corrected chi connectivity index (χ2v) is 14.2. The Labute approximate surface area is 243 Å².